The summed E-state index contributed by atoms with van der Waals surface area (Å²) in [7, 11) is 0. The first-order valence-electron chi connectivity index (χ1n) is 10.6. The number of carbonyl (C=O) groups is 2. The largest absolute Gasteiger partial charge is 0.334 e. The van der Waals surface area contributed by atoms with Crippen molar-refractivity contribution in [3.8, 4) is 10.6 Å². The molecule has 3 amide bonds. The summed E-state index contributed by atoms with van der Waals surface area (Å²) < 4.78 is 0. The molecule has 1 atom stereocenters. The summed E-state index contributed by atoms with van der Waals surface area (Å²) in [5.41, 5.74) is 2.73. The fourth-order valence-corrected chi connectivity index (χ4v) is 4.10. The van der Waals surface area contributed by atoms with Crippen LogP contribution >= 0.6 is 22.9 Å². The van der Waals surface area contributed by atoms with Gasteiger partial charge in [-0.3, -0.25) is 10.1 Å². The van der Waals surface area contributed by atoms with Gasteiger partial charge < -0.3 is 10.6 Å². The van der Waals surface area contributed by atoms with Gasteiger partial charge in [-0.15, -0.1) is 10.2 Å². The van der Waals surface area contributed by atoms with E-state index < -0.39 is 12.1 Å². The summed E-state index contributed by atoms with van der Waals surface area (Å²) in [6, 6.07) is 25.0. The third kappa shape index (κ3) is 6.63. The minimum atomic E-state index is -0.805. The molecule has 3 N–H and O–H groups in total. The van der Waals surface area contributed by atoms with Gasteiger partial charge in [0.15, 0.2) is 0 Å². The molecular weight excluding hydrogens is 470 g/mol. The molecular formula is C25H22ClN5O2S. The molecule has 0 saturated carbocycles. The summed E-state index contributed by atoms with van der Waals surface area (Å²) in [5.74, 6) is -0.377. The average molecular weight is 492 g/mol. The van der Waals surface area contributed by atoms with Crippen LogP contribution in [0.1, 0.15) is 11.1 Å². The summed E-state index contributed by atoms with van der Waals surface area (Å²) in [5, 5.41) is 18.2. The number of rotatable bonds is 8. The minimum Gasteiger partial charge on any atom is -0.334 e. The molecule has 0 bridgehead atoms. The number of carbonyl (C=O) groups excluding carboxylic acids is 2. The second kappa shape index (κ2) is 11.4. The van der Waals surface area contributed by atoms with Gasteiger partial charge >= 0.3 is 6.03 Å². The number of nitrogens with one attached hydrogen (secondary N) is 3. The van der Waals surface area contributed by atoms with Gasteiger partial charge in [-0.05, 0) is 23.3 Å². The lowest BCUT2D eigenvalue weighted by Gasteiger charge is -2.18. The van der Waals surface area contributed by atoms with Gasteiger partial charge in [0, 0.05) is 23.6 Å². The summed E-state index contributed by atoms with van der Waals surface area (Å²) in [4.78, 5) is 25.6. The molecule has 1 heterocycles. The first kappa shape index (κ1) is 23.4. The van der Waals surface area contributed by atoms with Crippen LogP contribution in [0.15, 0.2) is 84.9 Å². The highest BCUT2D eigenvalue weighted by molar-refractivity contribution is 7.18. The maximum absolute atomic E-state index is 13.1. The van der Waals surface area contributed by atoms with E-state index in [1.54, 1.807) is 12.1 Å². The van der Waals surface area contributed by atoms with Crippen molar-refractivity contribution in [1.82, 2.24) is 20.8 Å². The molecule has 1 unspecified atom stereocenters. The molecule has 34 heavy (non-hydrogen) atoms. The van der Waals surface area contributed by atoms with Gasteiger partial charge in [0.2, 0.25) is 11.0 Å². The molecule has 4 rings (SSSR count). The van der Waals surface area contributed by atoms with E-state index in [1.165, 1.54) is 11.3 Å². The number of amides is 3. The maximum Gasteiger partial charge on any atom is 0.315 e. The molecule has 0 aliphatic heterocycles. The molecule has 0 fully saturated rings. The quantitative estimate of drug-likeness (QED) is 0.326. The van der Waals surface area contributed by atoms with Crippen molar-refractivity contribution in [1.29, 1.82) is 0 Å². The van der Waals surface area contributed by atoms with E-state index in [0.29, 0.717) is 28.1 Å². The Morgan fingerprint density at radius 3 is 2.18 bits per heavy atom. The van der Waals surface area contributed by atoms with Gasteiger partial charge in [0.1, 0.15) is 11.0 Å². The van der Waals surface area contributed by atoms with Gasteiger partial charge in [0.05, 0.1) is 0 Å². The van der Waals surface area contributed by atoms with Gasteiger partial charge in [0.25, 0.3) is 0 Å². The van der Waals surface area contributed by atoms with Crippen LogP contribution in [0.2, 0.25) is 5.02 Å². The SMILES string of the molecule is O=C(NCc1ccccc1)NC(Cc1ccccc1)C(=O)Nc1nnc(-c2ccc(Cl)cc2)s1. The Morgan fingerprint density at radius 2 is 1.50 bits per heavy atom. The van der Waals surface area contributed by atoms with Crippen LogP contribution in [0.5, 0.6) is 0 Å². The number of aromatic nitrogens is 2. The van der Waals surface area contributed by atoms with E-state index >= 15 is 0 Å². The lowest BCUT2D eigenvalue weighted by atomic mass is 10.1. The molecule has 172 valence electrons. The Kier molecular flexibility index (Phi) is 7.85. The van der Waals surface area contributed by atoms with Gasteiger partial charge in [-0.2, -0.15) is 0 Å². The van der Waals surface area contributed by atoms with Crippen molar-refractivity contribution in [2.24, 2.45) is 0 Å². The molecule has 0 spiro atoms. The summed E-state index contributed by atoms with van der Waals surface area (Å²) in [6.07, 6.45) is 0.328. The predicted molar refractivity (Wildman–Crippen MR) is 135 cm³/mol. The Bertz CT molecular complexity index is 1230. The van der Waals surface area contributed by atoms with E-state index in [4.69, 9.17) is 11.6 Å². The number of anilines is 1. The van der Waals surface area contributed by atoms with Crippen LogP contribution in [0.25, 0.3) is 10.6 Å². The number of hydrogen-bond acceptors (Lipinski definition) is 5. The maximum atomic E-state index is 13.1. The van der Waals surface area contributed by atoms with Crippen LogP contribution in [0, 0.1) is 0 Å². The lowest BCUT2D eigenvalue weighted by Crippen LogP contribution is -2.49. The Morgan fingerprint density at radius 1 is 0.853 bits per heavy atom. The Labute approximate surface area is 206 Å². The second-order valence-electron chi connectivity index (χ2n) is 7.46. The average Bonchev–Trinajstić information content (AvgIpc) is 3.32. The van der Waals surface area contributed by atoms with Gasteiger partial charge in [-0.25, -0.2) is 4.79 Å². The fraction of sp³-hybridized carbons (Fsp3) is 0.120. The zero-order valence-corrected chi connectivity index (χ0v) is 19.6. The molecule has 7 nitrogen and oxygen atoms in total. The van der Waals surface area contributed by atoms with E-state index in [9.17, 15) is 9.59 Å². The van der Waals surface area contributed by atoms with Crippen LogP contribution in [0.4, 0.5) is 9.93 Å². The van der Waals surface area contributed by atoms with Crippen molar-refractivity contribution in [2.75, 3.05) is 5.32 Å². The zero-order valence-electron chi connectivity index (χ0n) is 18.1. The van der Waals surface area contributed by atoms with Crippen molar-refractivity contribution in [3.63, 3.8) is 0 Å². The molecule has 4 aromatic rings. The fourth-order valence-electron chi connectivity index (χ4n) is 3.22. The third-order valence-electron chi connectivity index (χ3n) is 4.95. The standard InChI is InChI=1S/C25H22ClN5O2S/c26-20-13-11-19(12-14-20)23-30-31-25(34-23)29-22(32)21(15-17-7-3-1-4-8-17)28-24(33)27-16-18-9-5-2-6-10-18/h1-14,21H,15-16H2,(H2,27,28,33)(H,29,31,32). The molecule has 0 aliphatic rings. The molecule has 0 aliphatic carbocycles. The molecule has 1 aromatic heterocycles. The van der Waals surface area contributed by atoms with Crippen molar-refractivity contribution >= 4 is 40.0 Å². The molecule has 0 radical (unpaired) electrons. The molecule has 9 heteroatoms. The van der Waals surface area contributed by atoms with Crippen molar-refractivity contribution in [2.45, 2.75) is 19.0 Å². The first-order chi connectivity index (χ1) is 16.6. The van der Waals surface area contributed by atoms with E-state index in [2.05, 4.69) is 26.1 Å². The molecule has 3 aromatic carbocycles. The van der Waals surface area contributed by atoms with Crippen LogP contribution < -0.4 is 16.0 Å². The summed E-state index contributed by atoms with van der Waals surface area (Å²) >= 11 is 7.19. The highest BCUT2D eigenvalue weighted by Crippen LogP contribution is 2.27. The van der Waals surface area contributed by atoms with Crippen LogP contribution in [-0.2, 0) is 17.8 Å². The Balaban J connectivity index is 1.43. The highest BCUT2D eigenvalue weighted by Gasteiger charge is 2.23. The van der Waals surface area contributed by atoms with Crippen LogP contribution in [0.3, 0.4) is 0 Å². The highest BCUT2D eigenvalue weighted by atomic mass is 35.5. The predicted octanol–water partition coefficient (Wildman–Crippen LogP) is 4.91. The monoisotopic (exact) mass is 491 g/mol. The van der Waals surface area contributed by atoms with Crippen LogP contribution in [-0.4, -0.2) is 28.2 Å². The zero-order chi connectivity index (χ0) is 23.8. The van der Waals surface area contributed by atoms with Gasteiger partial charge in [-0.1, -0.05) is 95.7 Å². The molecule has 0 saturated heterocycles. The number of benzene rings is 3. The van der Waals surface area contributed by atoms with Crippen molar-refractivity contribution in [3.05, 3.63) is 101 Å². The minimum absolute atomic E-state index is 0.328. The second-order valence-corrected chi connectivity index (χ2v) is 8.88. The van der Waals surface area contributed by atoms with Crippen molar-refractivity contribution < 1.29 is 9.59 Å². The van der Waals surface area contributed by atoms with E-state index in [0.717, 1.165) is 16.7 Å². The Hall–Kier alpha value is -3.75. The number of hydrogen-bond donors (Lipinski definition) is 3. The normalized spacial score (nSPS) is 11.4. The first-order valence-corrected chi connectivity index (χ1v) is 11.8. The number of halogens is 1. The summed E-state index contributed by atoms with van der Waals surface area (Å²) in [6.45, 7) is 0.354. The van der Waals surface area contributed by atoms with E-state index in [-0.39, 0.29) is 5.91 Å². The smallest absolute Gasteiger partial charge is 0.315 e. The third-order valence-corrected chi connectivity index (χ3v) is 6.09. The topological polar surface area (TPSA) is 96.0 Å². The number of urea groups is 1. The lowest BCUT2D eigenvalue weighted by molar-refractivity contribution is -0.117. The number of nitrogens with zero attached hydrogens (tertiary/aromatic N) is 2. The van der Waals surface area contributed by atoms with E-state index in [1.807, 2.05) is 72.8 Å².